The molecule has 0 saturated heterocycles. The third kappa shape index (κ3) is 7.51. The molecule has 0 unspecified atom stereocenters. The predicted molar refractivity (Wildman–Crippen MR) is 120 cm³/mol. The molecule has 0 spiro atoms. The van der Waals surface area contributed by atoms with E-state index in [1.807, 2.05) is 13.8 Å². The van der Waals surface area contributed by atoms with E-state index in [2.05, 4.69) is 32.1 Å². The molecule has 2 aromatic rings. The third-order valence-corrected chi connectivity index (χ3v) is 4.74. The van der Waals surface area contributed by atoms with Gasteiger partial charge in [0.2, 0.25) is 5.91 Å². The van der Waals surface area contributed by atoms with Gasteiger partial charge in [-0.05, 0) is 58.2 Å². The average Bonchev–Trinajstić information content (AvgIpc) is 2.65. The number of nitrogens with one attached hydrogen (secondary N) is 3. The summed E-state index contributed by atoms with van der Waals surface area (Å²) in [6.07, 6.45) is 0.411. The van der Waals surface area contributed by atoms with Crippen LogP contribution in [0, 0.1) is 5.92 Å². The molecule has 0 bridgehead atoms. The average molecular weight is 517 g/mol. The maximum atomic E-state index is 12.2. The molecule has 10 heteroatoms. The summed E-state index contributed by atoms with van der Waals surface area (Å²) < 4.78 is 5.86. The Morgan fingerprint density at radius 1 is 1.03 bits per heavy atom. The molecule has 0 aliphatic rings. The van der Waals surface area contributed by atoms with Gasteiger partial charge in [0.05, 0.1) is 9.50 Å². The molecule has 0 saturated carbocycles. The fourth-order valence-electron chi connectivity index (χ4n) is 2.33. The van der Waals surface area contributed by atoms with E-state index < -0.39 is 11.8 Å². The normalized spacial score (nSPS) is 10.5. The van der Waals surface area contributed by atoms with Crippen molar-refractivity contribution < 1.29 is 19.1 Å². The van der Waals surface area contributed by atoms with Gasteiger partial charge in [-0.1, -0.05) is 37.0 Å². The fraction of sp³-hybridized carbons (Fsp3) is 0.250. The Labute approximate surface area is 192 Å². The Kier molecular flexibility index (Phi) is 8.95. The molecule has 2 aromatic carbocycles. The van der Waals surface area contributed by atoms with E-state index in [9.17, 15) is 14.4 Å². The molecule has 3 amide bonds. The van der Waals surface area contributed by atoms with Crippen LogP contribution < -0.4 is 20.9 Å². The molecule has 0 heterocycles. The van der Waals surface area contributed by atoms with Crippen LogP contribution in [0.3, 0.4) is 0 Å². The molecule has 0 fully saturated rings. The minimum atomic E-state index is -0.584. The van der Waals surface area contributed by atoms with E-state index in [0.717, 1.165) is 0 Å². The Hall–Kier alpha value is -2.29. The van der Waals surface area contributed by atoms with Crippen LogP contribution in [0.4, 0.5) is 5.69 Å². The number of hydrogen-bond acceptors (Lipinski definition) is 4. The number of halogens is 3. The molecule has 3 N–H and O–H groups in total. The van der Waals surface area contributed by atoms with Gasteiger partial charge in [0, 0.05) is 22.7 Å². The summed E-state index contributed by atoms with van der Waals surface area (Å²) >= 11 is 15.1. The Morgan fingerprint density at radius 3 is 2.30 bits per heavy atom. The zero-order chi connectivity index (χ0) is 22.3. The summed E-state index contributed by atoms with van der Waals surface area (Å²) in [7, 11) is 0. The number of benzene rings is 2. The van der Waals surface area contributed by atoms with Crippen molar-refractivity contribution in [2.24, 2.45) is 5.92 Å². The maximum absolute atomic E-state index is 12.2. The van der Waals surface area contributed by atoms with Gasteiger partial charge in [-0.25, -0.2) is 0 Å². The second kappa shape index (κ2) is 11.2. The number of ether oxygens (including phenoxy) is 1. The van der Waals surface area contributed by atoms with Crippen molar-refractivity contribution in [1.29, 1.82) is 0 Å². The lowest BCUT2D eigenvalue weighted by Gasteiger charge is -2.12. The van der Waals surface area contributed by atoms with Crippen LogP contribution in [-0.4, -0.2) is 24.3 Å². The smallest absolute Gasteiger partial charge is 0.276 e. The van der Waals surface area contributed by atoms with Crippen LogP contribution in [0.15, 0.2) is 40.9 Å². The zero-order valence-corrected chi connectivity index (χ0v) is 19.3. The van der Waals surface area contributed by atoms with E-state index in [1.54, 1.807) is 18.2 Å². The van der Waals surface area contributed by atoms with Gasteiger partial charge < -0.3 is 10.1 Å². The first-order valence-electron chi connectivity index (χ1n) is 8.92. The molecular weight excluding hydrogens is 497 g/mol. The van der Waals surface area contributed by atoms with Crippen LogP contribution in [0.1, 0.15) is 30.6 Å². The molecular formula is C20H20BrCl2N3O4. The summed E-state index contributed by atoms with van der Waals surface area (Å²) in [5.74, 6) is -0.688. The topological polar surface area (TPSA) is 96.5 Å². The largest absolute Gasteiger partial charge is 0.481 e. The third-order valence-electron chi connectivity index (χ3n) is 3.65. The first-order valence-corrected chi connectivity index (χ1v) is 10.5. The summed E-state index contributed by atoms with van der Waals surface area (Å²) in [5.41, 5.74) is 5.43. The molecule has 7 nitrogen and oxygen atoms in total. The van der Waals surface area contributed by atoms with Gasteiger partial charge in [-0.2, -0.15) is 0 Å². The summed E-state index contributed by atoms with van der Waals surface area (Å²) in [5, 5.41) is 3.42. The van der Waals surface area contributed by atoms with Crippen LogP contribution in [-0.2, 0) is 9.59 Å². The Bertz CT molecular complexity index is 913. The maximum Gasteiger partial charge on any atom is 0.276 e. The molecule has 30 heavy (non-hydrogen) atoms. The lowest BCUT2D eigenvalue weighted by Crippen LogP contribution is -2.43. The number of rotatable bonds is 7. The van der Waals surface area contributed by atoms with Gasteiger partial charge in [-0.3, -0.25) is 25.2 Å². The molecule has 2 rings (SSSR count). The highest BCUT2D eigenvalue weighted by Gasteiger charge is 2.13. The highest BCUT2D eigenvalue weighted by atomic mass is 79.9. The number of hydrazine groups is 1. The fourth-order valence-corrected chi connectivity index (χ4v) is 3.70. The number of carbonyl (C=O) groups is 3. The van der Waals surface area contributed by atoms with E-state index in [-0.39, 0.29) is 29.2 Å². The minimum absolute atomic E-state index is 0.0955. The molecule has 0 aromatic heterocycles. The SMILES string of the molecule is CC(C)CC(=O)Nc1ccc(C(=O)NNC(=O)COc2c(Cl)cc(Cl)cc2Br)cc1. The lowest BCUT2D eigenvalue weighted by molar-refractivity contribution is -0.123. The second-order valence-electron chi connectivity index (χ2n) is 6.71. The van der Waals surface area contributed by atoms with Crippen LogP contribution in [0.2, 0.25) is 10.0 Å². The molecule has 0 atom stereocenters. The monoisotopic (exact) mass is 515 g/mol. The van der Waals surface area contributed by atoms with Crippen molar-refractivity contribution in [3.05, 3.63) is 56.5 Å². The summed E-state index contributed by atoms with van der Waals surface area (Å²) in [6, 6.07) is 9.35. The lowest BCUT2D eigenvalue weighted by atomic mass is 10.1. The molecule has 0 aliphatic heterocycles. The van der Waals surface area contributed by atoms with E-state index in [4.69, 9.17) is 27.9 Å². The van der Waals surface area contributed by atoms with Crippen molar-refractivity contribution in [2.75, 3.05) is 11.9 Å². The quantitative estimate of drug-likeness (QED) is 0.469. The van der Waals surface area contributed by atoms with Crippen molar-refractivity contribution in [3.63, 3.8) is 0 Å². The molecule has 0 aliphatic carbocycles. The second-order valence-corrected chi connectivity index (χ2v) is 8.41. The van der Waals surface area contributed by atoms with Crippen LogP contribution >= 0.6 is 39.1 Å². The van der Waals surface area contributed by atoms with Crippen molar-refractivity contribution in [1.82, 2.24) is 10.9 Å². The zero-order valence-electron chi connectivity index (χ0n) is 16.2. The van der Waals surface area contributed by atoms with Gasteiger partial charge >= 0.3 is 0 Å². The van der Waals surface area contributed by atoms with Crippen molar-refractivity contribution >= 4 is 62.5 Å². The number of carbonyl (C=O) groups excluding carboxylic acids is 3. The Balaban J connectivity index is 1.82. The van der Waals surface area contributed by atoms with Crippen molar-refractivity contribution in [3.8, 4) is 5.75 Å². The molecule has 0 radical (unpaired) electrons. The summed E-state index contributed by atoms with van der Waals surface area (Å²) in [6.45, 7) is 3.53. The predicted octanol–water partition coefficient (Wildman–Crippen LogP) is 4.58. The van der Waals surface area contributed by atoms with Gasteiger partial charge in [0.25, 0.3) is 11.8 Å². The van der Waals surface area contributed by atoms with Crippen molar-refractivity contribution in [2.45, 2.75) is 20.3 Å². The highest BCUT2D eigenvalue weighted by Crippen LogP contribution is 2.35. The highest BCUT2D eigenvalue weighted by molar-refractivity contribution is 9.10. The van der Waals surface area contributed by atoms with Gasteiger partial charge in [0.1, 0.15) is 0 Å². The standard InChI is InChI=1S/C20H20BrCl2N3O4/c1-11(2)7-17(27)24-14-5-3-12(4-6-14)20(29)26-25-18(28)10-30-19-15(21)8-13(22)9-16(19)23/h3-6,8-9,11H,7,10H2,1-2H3,(H,24,27)(H,25,28)(H,26,29). The van der Waals surface area contributed by atoms with Gasteiger partial charge in [0.15, 0.2) is 12.4 Å². The summed E-state index contributed by atoms with van der Waals surface area (Å²) in [4.78, 5) is 35.8. The molecule has 160 valence electrons. The number of hydrogen-bond donors (Lipinski definition) is 3. The van der Waals surface area contributed by atoms with Crippen LogP contribution in [0.25, 0.3) is 0 Å². The van der Waals surface area contributed by atoms with Gasteiger partial charge in [-0.15, -0.1) is 0 Å². The van der Waals surface area contributed by atoms with Crippen LogP contribution in [0.5, 0.6) is 5.75 Å². The van der Waals surface area contributed by atoms with E-state index in [0.29, 0.717) is 27.2 Å². The van der Waals surface area contributed by atoms with E-state index in [1.165, 1.54) is 18.2 Å². The first kappa shape index (κ1) is 24.0. The minimum Gasteiger partial charge on any atom is -0.481 e. The first-order chi connectivity index (χ1) is 14.2. The number of anilines is 1. The van der Waals surface area contributed by atoms with E-state index >= 15 is 0 Å². The number of amides is 3. The Morgan fingerprint density at radius 2 is 1.70 bits per heavy atom.